The molecule has 0 saturated heterocycles. The Bertz CT molecular complexity index is 1290. The number of benzene rings is 2. The number of fused-ring (bicyclic) bond motifs is 1. The molecule has 2 heterocycles. The second-order valence-corrected chi connectivity index (χ2v) is 7.46. The van der Waals surface area contributed by atoms with Gasteiger partial charge in [-0.3, -0.25) is 0 Å². The number of imidazole rings is 1. The summed E-state index contributed by atoms with van der Waals surface area (Å²) in [7, 11) is 1.89. The van der Waals surface area contributed by atoms with Crippen molar-refractivity contribution in [1.82, 2.24) is 19.3 Å². The summed E-state index contributed by atoms with van der Waals surface area (Å²) in [5, 5.41) is 15.4. The van der Waals surface area contributed by atoms with Crippen LogP contribution in [0, 0.1) is 18.3 Å². The van der Waals surface area contributed by atoms with Gasteiger partial charge in [0.15, 0.2) is 5.82 Å². The van der Waals surface area contributed by atoms with Gasteiger partial charge in [-0.05, 0) is 36.8 Å². The van der Waals surface area contributed by atoms with Crippen LogP contribution in [0.4, 0.5) is 0 Å². The smallest absolute Gasteiger partial charge is 0.151 e. The highest BCUT2D eigenvalue weighted by Gasteiger charge is 2.17. The Morgan fingerprint density at radius 3 is 2.59 bits per heavy atom. The maximum Gasteiger partial charge on any atom is 0.151 e. The fourth-order valence-electron chi connectivity index (χ4n) is 3.30. The average molecular weight is 422 g/mol. The molecule has 0 N–H and O–H groups in total. The Morgan fingerprint density at radius 1 is 1.14 bits per heavy atom. The van der Waals surface area contributed by atoms with Crippen molar-refractivity contribution in [2.24, 2.45) is 7.05 Å². The van der Waals surface area contributed by atoms with E-state index in [0.29, 0.717) is 33.7 Å². The van der Waals surface area contributed by atoms with Crippen LogP contribution < -0.4 is 0 Å². The molecule has 0 radical (unpaired) electrons. The van der Waals surface area contributed by atoms with Crippen LogP contribution in [-0.2, 0) is 13.6 Å². The summed E-state index contributed by atoms with van der Waals surface area (Å²) < 4.78 is 3.59. The van der Waals surface area contributed by atoms with Crippen LogP contribution in [0.1, 0.15) is 22.6 Å². The molecular formula is C22H17Cl2N5. The van der Waals surface area contributed by atoms with Gasteiger partial charge in [-0.2, -0.15) is 10.4 Å². The zero-order chi connectivity index (χ0) is 20.5. The predicted octanol–water partition coefficient (Wildman–Crippen LogP) is 5.50. The third kappa shape index (κ3) is 3.53. The van der Waals surface area contributed by atoms with E-state index < -0.39 is 0 Å². The van der Waals surface area contributed by atoms with Crippen molar-refractivity contribution in [1.29, 1.82) is 5.26 Å². The first kappa shape index (κ1) is 19.3. The lowest BCUT2D eigenvalue weighted by molar-refractivity contribution is 0.680. The van der Waals surface area contributed by atoms with Gasteiger partial charge in [0.2, 0.25) is 0 Å². The van der Waals surface area contributed by atoms with E-state index >= 15 is 0 Å². The van der Waals surface area contributed by atoms with Crippen LogP contribution in [0.15, 0.2) is 48.5 Å². The Balaban J connectivity index is 1.77. The molecule has 0 aliphatic rings. The predicted molar refractivity (Wildman–Crippen MR) is 117 cm³/mol. The second kappa shape index (κ2) is 7.75. The highest BCUT2D eigenvalue weighted by atomic mass is 35.5. The quantitative estimate of drug-likeness (QED) is 0.408. The summed E-state index contributed by atoms with van der Waals surface area (Å²) >= 11 is 12.9. The standard InChI is InChI=1S/C22H17Cl2N5/c1-14-17(21(24)29(27-14)13-15-7-3-4-8-18(15)23)11-16(12-25)22-26-19-9-5-6-10-20(19)28(22)2/h3-11H,13H2,1-2H3/b16-11+. The minimum Gasteiger partial charge on any atom is -0.327 e. The number of allylic oxidation sites excluding steroid dienone is 1. The molecule has 7 heteroatoms. The van der Waals surface area contributed by atoms with Crippen LogP contribution in [0.5, 0.6) is 0 Å². The van der Waals surface area contributed by atoms with Gasteiger partial charge in [-0.15, -0.1) is 0 Å². The van der Waals surface area contributed by atoms with E-state index in [1.54, 1.807) is 10.8 Å². The third-order valence-electron chi connectivity index (χ3n) is 4.82. The summed E-state index contributed by atoms with van der Waals surface area (Å²) in [4.78, 5) is 4.61. The van der Waals surface area contributed by atoms with Gasteiger partial charge in [0.1, 0.15) is 11.2 Å². The first-order chi connectivity index (χ1) is 14.0. The first-order valence-electron chi connectivity index (χ1n) is 8.99. The molecule has 144 valence electrons. The van der Waals surface area contributed by atoms with Gasteiger partial charge in [0.05, 0.1) is 28.8 Å². The maximum absolute atomic E-state index is 9.79. The van der Waals surface area contributed by atoms with Gasteiger partial charge in [0.25, 0.3) is 0 Å². The summed E-state index contributed by atoms with van der Waals surface area (Å²) in [6, 6.07) is 17.6. The van der Waals surface area contributed by atoms with Crippen LogP contribution >= 0.6 is 23.2 Å². The van der Waals surface area contributed by atoms with Crippen LogP contribution in [0.3, 0.4) is 0 Å². The monoisotopic (exact) mass is 421 g/mol. The normalized spacial score (nSPS) is 11.8. The van der Waals surface area contributed by atoms with Crippen LogP contribution in [-0.4, -0.2) is 19.3 Å². The van der Waals surface area contributed by atoms with E-state index in [4.69, 9.17) is 23.2 Å². The van der Waals surface area contributed by atoms with Gasteiger partial charge in [0, 0.05) is 17.6 Å². The number of para-hydroxylation sites is 2. The van der Waals surface area contributed by atoms with Crippen molar-refractivity contribution in [2.45, 2.75) is 13.5 Å². The van der Waals surface area contributed by atoms with Crippen molar-refractivity contribution in [2.75, 3.05) is 0 Å². The molecule has 0 bridgehead atoms. The van der Waals surface area contributed by atoms with Crippen molar-refractivity contribution in [3.63, 3.8) is 0 Å². The number of aromatic nitrogens is 4. The van der Waals surface area contributed by atoms with Gasteiger partial charge >= 0.3 is 0 Å². The second-order valence-electron chi connectivity index (χ2n) is 6.69. The molecule has 0 spiro atoms. The number of aryl methyl sites for hydroxylation is 2. The molecule has 0 unspecified atom stereocenters. The maximum atomic E-state index is 9.79. The average Bonchev–Trinajstić information content (AvgIpc) is 3.19. The largest absolute Gasteiger partial charge is 0.327 e. The van der Waals surface area contributed by atoms with E-state index in [0.717, 1.165) is 22.3 Å². The molecule has 0 aliphatic heterocycles. The van der Waals surface area contributed by atoms with Crippen molar-refractivity contribution in [3.8, 4) is 6.07 Å². The van der Waals surface area contributed by atoms with E-state index in [2.05, 4.69) is 16.2 Å². The van der Waals surface area contributed by atoms with Crippen LogP contribution in [0.2, 0.25) is 10.2 Å². The molecule has 0 amide bonds. The number of hydrogen-bond acceptors (Lipinski definition) is 3. The Hall–Kier alpha value is -3.07. The molecule has 4 rings (SSSR count). The lowest BCUT2D eigenvalue weighted by atomic mass is 10.1. The molecule has 2 aromatic heterocycles. The number of nitrogens with zero attached hydrogens (tertiary/aromatic N) is 5. The van der Waals surface area contributed by atoms with Crippen molar-refractivity contribution < 1.29 is 0 Å². The van der Waals surface area contributed by atoms with Gasteiger partial charge in [-0.1, -0.05) is 53.5 Å². The fourth-order valence-corrected chi connectivity index (χ4v) is 3.79. The number of hydrogen-bond donors (Lipinski definition) is 0. The Kier molecular flexibility index (Phi) is 5.14. The molecule has 29 heavy (non-hydrogen) atoms. The molecular weight excluding hydrogens is 405 g/mol. The molecule has 0 aliphatic carbocycles. The summed E-state index contributed by atoms with van der Waals surface area (Å²) in [6.07, 6.45) is 1.75. The fraction of sp³-hybridized carbons (Fsp3) is 0.136. The lowest BCUT2D eigenvalue weighted by Crippen LogP contribution is -2.02. The van der Waals surface area contributed by atoms with E-state index in [1.807, 2.05) is 67.1 Å². The minimum atomic E-state index is 0.422. The van der Waals surface area contributed by atoms with Crippen molar-refractivity contribution >= 4 is 45.9 Å². The van der Waals surface area contributed by atoms with Crippen molar-refractivity contribution in [3.05, 3.63) is 81.4 Å². The Labute approximate surface area is 178 Å². The molecule has 0 atom stereocenters. The molecule has 4 aromatic rings. The highest BCUT2D eigenvalue weighted by molar-refractivity contribution is 6.32. The van der Waals surface area contributed by atoms with E-state index in [1.165, 1.54) is 0 Å². The van der Waals surface area contributed by atoms with Crippen LogP contribution in [0.25, 0.3) is 22.7 Å². The van der Waals surface area contributed by atoms with E-state index in [9.17, 15) is 5.26 Å². The zero-order valence-corrected chi connectivity index (χ0v) is 17.4. The first-order valence-corrected chi connectivity index (χ1v) is 9.75. The van der Waals surface area contributed by atoms with E-state index in [-0.39, 0.29) is 0 Å². The molecule has 2 aromatic carbocycles. The summed E-state index contributed by atoms with van der Waals surface area (Å²) in [6.45, 7) is 2.31. The summed E-state index contributed by atoms with van der Waals surface area (Å²) in [5.74, 6) is 0.586. The third-order valence-corrected chi connectivity index (χ3v) is 5.59. The number of nitriles is 1. The zero-order valence-electron chi connectivity index (χ0n) is 15.9. The molecule has 5 nitrogen and oxygen atoms in total. The molecule has 0 saturated carbocycles. The summed E-state index contributed by atoms with van der Waals surface area (Å²) in [5.41, 5.74) is 4.57. The molecule has 0 fully saturated rings. The van der Waals surface area contributed by atoms with Gasteiger partial charge < -0.3 is 4.57 Å². The Morgan fingerprint density at radius 2 is 1.86 bits per heavy atom. The SMILES string of the molecule is Cc1nn(Cc2ccccc2Cl)c(Cl)c1/C=C(\C#N)c1nc2ccccc2n1C. The minimum absolute atomic E-state index is 0.422. The lowest BCUT2D eigenvalue weighted by Gasteiger charge is -2.05. The topological polar surface area (TPSA) is 59.4 Å². The number of halogens is 2. The number of rotatable bonds is 4. The van der Waals surface area contributed by atoms with Gasteiger partial charge in [-0.25, -0.2) is 9.67 Å². The highest BCUT2D eigenvalue weighted by Crippen LogP contribution is 2.28.